The Labute approximate surface area is 114 Å². The van der Waals surface area contributed by atoms with E-state index in [2.05, 4.69) is 0 Å². The number of phenolic OH excluding ortho intramolecular Hbond substituents is 1. The average Bonchev–Trinajstić information content (AvgIpc) is 2.38. The minimum Gasteiger partial charge on any atom is -0.508 e. The predicted octanol–water partition coefficient (Wildman–Crippen LogP) is 1.98. The molecule has 4 N–H and O–H groups in total. The van der Waals surface area contributed by atoms with Crippen molar-refractivity contribution < 1.29 is 10.2 Å². The van der Waals surface area contributed by atoms with Crippen LogP contribution in [0.3, 0.4) is 0 Å². The van der Waals surface area contributed by atoms with Crippen molar-refractivity contribution in [2.24, 2.45) is 5.84 Å². The Hall–Kier alpha value is -1.10. The van der Waals surface area contributed by atoms with Gasteiger partial charge in [0.1, 0.15) is 5.75 Å². The number of aromatic hydroxyl groups is 1. The van der Waals surface area contributed by atoms with Crippen molar-refractivity contribution in [2.75, 3.05) is 13.6 Å². The largest absolute Gasteiger partial charge is 0.508 e. The second-order valence-electron chi connectivity index (χ2n) is 5.75. The summed E-state index contributed by atoms with van der Waals surface area (Å²) in [4.78, 5) is 0. The first-order chi connectivity index (χ1) is 9.01. The van der Waals surface area contributed by atoms with Gasteiger partial charge in [-0.1, -0.05) is 31.4 Å². The lowest BCUT2D eigenvalue weighted by Crippen LogP contribution is -2.45. The smallest absolute Gasteiger partial charge is 0.115 e. The van der Waals surface area contributed by atoms with Gasteiger partial charge < -0.3 is 10.2 Å². The van der Waals surface area contributed by atoms with E-state index < -0.39 is 5.60 Å². The normalized spacial score (nSPS) is 20.4. The van der Waals surface area contributed by atoms with Gasteiger partial charge in [0.2, 0.25) is 0 Å². The second kappa shape index (κ2) is 5.90. The van der Waals surface area contributed by atoms with E-state index in [-0.39, 0.29) is 11.7 Å². The van der Waals surface area contributed by atoms with E-state index in [1.807, 2.05) is 19.2 Å². The van der Waals surface area contributed by atoms with Gasteiger partial charge in [0, 0.05) is 19.5 Å². The molecule has 0 bridgehead atoms. The molecule has 4 heteroatoms. The van der Waals surface area contributed by atoms with Gasteiger partial charge in [-0.3, -0.25) is 5.84 Å². The molecule has 1 aromatic rings. The van der Waals surface area contributed by atoms with Crippen molar-refractivity contribution in [1.82, 2.24) is 5.01 Å². The first-order valence-electron chi connectivity index (χ1n) is 6.98. The Morgan fingerprint density at radius 3 is 2.32 bits per heavy atom. The number of likely N-dealkylation sites (N-methyl/N-ethyl adjacent to an activating group) is 1. The highest BCUT2D eigenvalue weighted by Crippen LogP contribution is 2.40. The zero-order valence-electron chi connectivity index (χ0n) is 11.5. The minimum atomic E-state index is -0.678. The maximum absolute atomic E-state index is 11.0. The molecule has 0 amide bonds. The number of nitrogens with two attached hydrogens (primary N) is 1. The van der Waals surface area contributed by atoms with E-state index in [1.165, 1.54) is 6.42 Å². The molecule has 0 aromatic heterocycles. The van der Waals surface area contributed by atoms with Crippen LogP contribution in [0.1, 0.15) is 43.6 Å². The SMILES string of the molecule is CN(N)C[C@@H](c1ccc(O)cc1)C1(O)CCCCC1. The van der Waals surface area contributed by atoms with Crippen LogP contribution in [0.25, 0.3) is 0 Å². The lowest BCUT2D eigenvalue weighted by Gasteiger charge is -2.40. The Morgan fingerprint density at radius 2 is 1.79 bits per heavy atom. The van der Waals surface area contributed by atoms with Crippen molar-refractivity contribution in [1.29, 1.82) is 0 Å². The van der Waals surface area contributed by atoms with E-state index in [0.717, 1.165) is 31.2 Å². The highest BCUT2D eigenvalue weighted by molar-refractivity contribution is 5.30. The van der Waals surface area contributed by atoms with Crippen LogP contribution in [0.5, 0.6) is 5.75 Å². The topological polar surface area (TPSA) is 69.7 Å². The Morgan fingerprint density at radius 1 is 1.21 bits per heavy atom. The maximum Gasteiger partial charge on any atom is 0.115 e. The van der Waals surface area contributed by atoms with Crippen molar-refractivity contribution in [2.45, 2.75) is 43.6 Å². The average molecular weight is 264 g/mol. The lowest BCUT2D eigenvalue weighted by molar-refractivity contribution is -0.0293. The fourth-order valence-electron chi connectivity index (χ4n) is 3.09. The first kappa shape index (κ1) is 14.3. The van der Waals surface area contributed by atoms with Gasteiger partial charge in [0.05, 0.1) is 5.60 Å². The molecule has 1 saturated carbocycles. The van der Waals surface area contributed by atoms with Gasteiger partial charge >= 0.3 is 0 Å². The summed E-state index contributed by atoms with van der Waals surface area (Å²) in [6.07, 6.45) is 4.99. The van der Waals surface area contributed by atoms with Gasteiger partial charge in [-0.2, -0.15) is 0 Å². The van der Waals surface area contributed by atoms with Gasteiger partial charge in [-0.15, -0.1) is 0 Å². The van der Waals surface area contributed by atoms with Crippen molar-refractivity contribution in [3.63, 3.8) is 0 Å². The van der Waals surface area contributed by atoms with Crippen LogP contribution in [0.15, 0.2) is 24.3 Å². The third-order valence-electron chi connectivity index (χ3n) is 4.13. The summed E-state index contributed by atoms with van der Waals surface area (Å²) in [5, 5.41) is 22.0. The number of aliphatic hydroxyl groups is 1. The zero-order chi connectivity index (χ0) is 13.9. The Bertz CT molecular complexity index is 397. The molecule has 19 heavy (non-hydrogen) atoms. The fraction of sp³-hybridized carbons (Fsp3) is 0.600. The number of benzene rings is 1. The minimum absolute atomic E-state index is 0.0107. The molecule has 0 saturated heterocycles. The zero-order valence-corrected chi connectivity index (χ0v) is 11.5. The third kappa shape index (κ3) is 3.47. The number of hydrogen-bond acceptors (Lipinski definition) is 4. The van der Waals surface area contributed by atoms with Gasteiger partial charge in [0.15, 0.2) is 0 Å². The van der Waals surface area contributed by atoms with E-state index in [4.69, 9.17) is 5.84 Å². The van der Waals surface area contributed by atoms with Crippen LogP contribution in [-0.4, -0.2) is 34.4 Å². The molecule has 0 aliphatic heterocycles. The lowest BCUT2D eigenvalue weighted by atomic mass is 9.72. The van der Waals surface area contributed by atoms with Gasteiger partial charge in [-0.05, 0) is 30.5 Å². The molecule has 0 spiro atoms. The van der Waals surface area contributed by atoms with E-state index in [1.54, 1.807) is 17.1 Å². The van der Waals surface area contributed by atoms with E-state index in [9.17, 15) is 10.2 Å². The Kier molecular flexibility index (Phi) is 4.45. The summed E-state index contributed by atoms with van der Waals surface area (Å²) in [6, 6.07) is 7.11. The van der Waals surface area contributed by atoms with Crippen molar-refractivity contribution >= 4 is 0 Å². The summed E-state index contributed by atoms with van der Waals surface area (Å²) < 4.78 is 0. The number of rotatable bonds is 4. The molecule has 1 atom stereocenters. The maximum atomic E-state index is 11.0. The van der Waals surface area contributed by atoms with E-state index >= 15 is 0 Å². The second-order valence-corrected chi connectivity index (χ2v) is 5.75. The monoisotopic (exact) mass is 264 g/mol. The molecule has 1 aliphatic carbocycles. The molecule has 4 nitrogen and oxygen atoms in total. The highest BCUT2D eigenvalue weighted by Gasteiger charge is 2.38. The Balaban J connectivity index is 2.26. The first-order valence-corrected chi connectivity index (χ1v) is 6.98. The molecule has 1 aliphatic rings. The molecule has 1 fully saturated rings. The summed E-state index contributed by atoms with van der Waals surface area (Å²) in [5.74, 6) is 6.04. The standard InChI is InChI=1S/C15H24N2O2/c1-17(16)11-14(12-5-7-13(18)8-6-12)15(19)9-3-2-4-10-15/h5-8,14,18-19H,2-4,9-11,16H2,1H3/t14-/m0/s1. The van der Waals surface area contributed by atoms with E-state index in [0.29, 0.717) is 6.54 Å². The summed E-state index contributed by atoms with van der Waals surface area (Å²) >= 11 is 0. The molecular formula is C15H24N2O2. The summed E-state index contributed by atoms with van der Waals surface area (Å²) in [7, 11) is 1.82. The quantitative estimate of drug-likeness (QED) is 0.574. The molecule has 0 heterocycles. The van der Waals surface area contributed by atoms with Crippen LogP contribution in [0.4, 0.5) is 0 Å². The molecule has 1 aromatic carbocycles. The van der Waals surface area contributed by atoms with Crippen LogP contribution >= 0.6 is 0 Å². The van der Waals surface area contributed by atoms with Crippen LogP contribution < -0.4 is 5.84 Å². The fourth-order valence-corrected chi connectivity index (χ4v) is 3.09. The van der Waals surface area contributed by atoms with Crippen molar-refractivity contribution in [3.05, 3.63) is 29.8 Å². The molecule has 2 rings (SSSR count). The predicted molar refractivity (Wildman–Crippen MR) is 75.7 cm³/mol. The number of hydrazine groups is 1. The van der Waals surface area contributed by atoms with Gasteiger partial charge in [-0.25, -0.2) is 5.01 Å². The molecular weight excluding hydrogens is 240 g/mol. The molecule has 0 radical (unpaired) electrons. The summed E-state index contributed by atoms with van der Waals surface area (Å²) in [6.45, 7) is 0.612. The van der Waals surface area contributed by atoms with Crippen LogP contribution in [0, 0.1) is 0 Å². The van der Waals surface area contributed by atoms with Crippen LogP contribution in [0.2, 0.25) is 0 Å². The van der Waals surface area contributed by atoms with Gasteiger partial charge in [0.25, 0.3) is 0 Å². The third-order valence-corrected chi connectivity index (χ3v) is 4.13. The summed E-state index contributed by atoms with van der Waals surface area (Å²) in [5.41, 5.74) is 0.363. The number of hydrogen-bond donors (Lipinski definition) is 3. The highest BCUT2D eigenvalue weighted by atomic mass is 16.3. The van der Waals surface area contributed by atoms with Crippen molar-refractivity contribution in [3.8, 4) is 5.75 Å². The van der Waals surface area contributed by atoms with Crippen LogP contribution in [-0.2, 0) is 0 Å². The molecule has 106 valence electrons. The number of nitrogens with zero attached hydrogens (tertiary/aromatic N) is 1. The number of phenols is 1. The molecule has 0 unspecified atom stereocenters.